The third-order valence-corrected chi connectivity index (χ3v) is 1.59. The highest BCUT2D eigenvalue weighted by Crippen LogP contribution is 2.16. The zero-order valence-corrected chi connectivity index (χ0v) is 6.19. The van der Waals surface area contributed by atoms with Crippen LogP contribution in [0.15, 0.2) is 12.2 Å². The van der Waals surface area contributed by atoms with E-state index in [0.29, 0.717) is 6.42 Å². The molecule has 0 bridgehead atoms. The van der Waals surface area contributed by atoms with Gasteiger partial charge in [-0.05, 0) is 12.8 Å². The molecule has 0 aliphatic heterocycles. The predicted molar refractivity (Wildman–Crippen MR) is 36.4 cm³/mol. The molecule has 0 unspecified atom stereocenters. The van der Waals surface area contributed by atoms with Crippen LogP contribution in [-0.2, 0) is 4.79 Å². The SMILES string of the molecule is O=C(N[C@@H]1C=CCC1)C(F)(F)F. The Hall–Kier alpha value is -1.00. The van der Waals surface area contributed by atoms with E-state index in [1.165, 1.54) is 0 Å². The number of amides is 1. The molecule has 0 spiro atoms. The van der Waals surface area contributed by atoms with Crippen molar-refractivity contribution >= 4 is 5.91 Å². The lowest BCUT2D eigenvalue weighted by Crippen LogP contribution is -2.41. The van der Waals surface area contributed by atoms with Crippen LogP contribution in [0.3, 0.4) is 0 Å². The van der Waals surface area contributed by atoms with Gasteiger partial charge in [-0.3, -0.25) is 4.79 Å². The number of carbonyl (C=O) groups is 1. The molecule has 1 aliphatic rings. The van der Waals surface area contributed by atoms with Crippen molar-refractivity contribution in [3.05, 3.63) is 12.2 Å². The lowest BCUT2D eigenvalue weighted by molar-refractivity contribution is -0.174. The van der Waals surface area contributed by atoms with Gasteiger partial charge in [0.2, 0.25) is 0 Å². The summed E-state index contributed by atoms with van der Waals surface area (Å²) in [5.74, 6) is -1.86. The van der Waals surface area contributed by atoms with Gasteiger partial charge in [0.25, 0.3) is 0 Å². The summed E-state index contributed by atoms with van der Waals surface area (Å²) >= 11 is 0. The summed E-state index contributed by atoms with van der Waals surface area (Å²) in [6, 6.07) is -0.445. The minimum absolute atomic E-state index is 0.445. The standard InChI is InChI=1S/C7H8F3NO/c8-7(9,10)6(12)11-5-3-1-2-4-5/h1,3,5H,2,4H2,(H,11,12)/t5-/m1/s1. The highest BCUT2D eigenvalue weighted by atomic mass is 19.4. The summed E-state index contributed by atoms with van der Waals surface area (Å²) < 4.78 is 35.0. The van der Waals surface area contributed by atoms with Gasteiger partial charge in [-0.2, -0.15) is 13.2 Å². The number of hydrogen-bond donors (Lipinski definition) is 1. The molecule has 2 nitrogen and oxygen atoms in total. The van der Waals surface area contributed by atoms with E-state index >= 15 is 0 Å². The fraction of sp³-hybridized carbons (Fsp3) is 0.571. The van der Waals surface area contributed by atoms with Crippen LogP contribution in [0.4, 0.5) is 13.2 Å². The van der Waals surface area contributed by atoms with Gasteiger partial charge in [0, 0.05) is 6.04 Å². The molecule has 1 N–H and O–H groups in total. The third-order valence-electron chi connectivity index (χ3n) is 1.59. The number of carbonyl (C=O) groups excluding carboxylic acids is 1. The minimum atomic E-state index is -4.77. The number of halogens is 3. The van der Waals surface area contributed by atoms with Crippen molar-refractivity contribution in [2.75, 3.05) is 0 Å². The quantitative estimate of drug-likeness (QED) is 0.605. The molecule has 0 aromatic rings. The summed E-state index contributed by atoms with van der Waals surface area (Å²) in [4.78, 5) is 10.4. The molecule has 0 aromatic carbocycles. The van der Waals surface area contributed by atoms with Gasteiger partial charge in [0.15, 0.2) is 0 Å². The Kier molecular flexibility index (Phi) is 2.40. The third kappa shape index (κ3) is 2.25. The van der Waals surface area contributed by atoms with Crippen molar-refractivity contribution in [2.45, 2.75) is 25.1 Å². The first kappa shape index (κ1) is 9.09. The van der Waals surface area contributed by atoms with E-state index in [0.717, 1.165) is 6.42 Å². The minimum Gasteiger partial charge on any atom is -0.342 e. The van der Waals surface area contributed by atoms with Crippen LogP contribution >= 0.6 is 0 Å². The largest absolute Gasteiger partial charge is 0.471 e. The van der Waals surface area contributed by atoms with E-state index in [4.69, 9.17) is 0 Å². The van der Waals surface area contributed by atoms with Crippen LogP contribution in [0.2, 0.25) is 0 Å². The van der Waals surface area contributed by atoms with Crippen LogP contribution in [0.1, 0.15) is 12.8 Å². The monoisotopic (exact) mass is 179 g/mol. The Bertz CT molecular complexity index is 209. The molecule has 0 heterocycles. The van der Waals surface area contributed by atoms with Crippen molar-refractivity contribution in [1.29, 1.82) is 0 Å². The maximum Gasteiger partial charge on any atom is 0.471 e. The summed E-state index contributed by atoms with van der Waals surface area (Å²) in [6.45, 7) is 0. The van der Waals surface area contributed by atoms with Crippen molar-refractivity contribution in [1.82, 2.24) is 5.32 Å². The van der Waals surface area contributed by atoms with Gasteiger partial charge >= 0.3 is 12.1 Å². The first-order valence-corrected chi connectivity index (χ1v) is 3.54. The second-order valence-corrected chi connectivity index (χ2v) is 2.58. The van der Waals surface area contributed by atoms with Crippen molar-refractivity contribution in [3.8, 4) is 0 Å². The Morgan fingerprint density at radius 2 is 2.17 bits per heavy atom. The van der Waals surface area contributed by atoms with Gasteiger partial charge in [-0.25, -0.2) is 0 Å². The topological polar surface area (TPSA) is 29.1 Å². The van der Waals surface area contributed by atoms with Crippen molar-refractivity contribution in [3.63, 3.8) is 0 Å². The van der Waals surface area contributed by atoms with Crippen LogP contribution in [0.5, 0.6) is 0 Å². The van der Waals surface area contributed by atoms with E-state index in [-0.39, 0.29) is 0 Å². The first-order chi connectivity index (χ1) is 5.50. The molecule has 0 radical (unpaired) electrons. The van der Waals surface area contributed by atoms with Crippen LogP contribution in [0, 0.1) is 0 Å². The number of hydrogen-bond acceptors (Lipinski definition) is 1. The van der Waals surface area contributed by atoms with Crippen LogP contribution in [0.25, 0.3) is 0 Å². The fourth-order valence-corrected chi connectivity index (χ4v) is 1.00. The average Bonchev–Trinajstić information content (AvgIpc) is 2.37. The number of allylic oxidation sites excluding steroid dienone is 1. The predicted octanol–water partition coefficient (Wildman–Crippen LogP) is 1.38. The van der Waals surface area contributed by atoms with E-state index in [9.17, 15) is 18.0 Å². The van der Waals surface area contributed by atoms with Gasteiger partial charge < -0.3 is 5.32 Å². The van der Waals surface area contributed by atoms with Gasteiger partial charge in [-0.1, -0.05) is 12.2 Å². The number of alkyl halides is 3. The summed E-state index contributed by atoms with van der Waals surface area (Å²) in [5.41, 5.74) is 0. The Morgan fingerprint density at radius 1 is 1.50 bits per heavy atom. The maximum atomic E-state index is 11.7. The van der Waals surface area contributed by atoms with E-state index in [1.807, 2.05) is 5.32 Å². The second-order valence-electron chi connectivity index (χ2n) is 2.58. The van der Waals surface area contributed by atoms with Gasteiger partial charge in [-0.15, -0.1) is 0 Å². The Balaban J connectivity index is 2.41. The fourth-order valence-electron chi connectivity index (χ4n) is 1.00. The lowest BCUT2D eigenvalue weighted by atomic mass is 10.2. The number of rotatable bonds is 1. The zero-order valence-electron chi connectivity index (χ0n) is 6.19. The Morgan fingerprint density at radius 3 is 2.58 bits per heavy atom. The molecule has 1 aliphatic carbocycles. The van der Waals surface area contributed by atoms with E-state index < -0.39 is 18.1 Å². The zero-order chi connectivity index (χ0) is 9.19. The molecule has 1 rings (SSSR count). The van der Waals surface area contributed by atoms with E-state index in [1.54, 1.807) is 12.2 Å². The molecule has 1 atom stereocenters. The molecule has 1 amide bonds. The molecule has 12 heavy (non-hydrogen) atoms. The molecule has 68 valence electrons. The van der Waals surface area contributed by atoms with Crippen molar-refractivity contribution < 1.29 is 18.0 Å². The number of nitrogens with one attached hydrogen (secondary N) is 1. The average molecular weight is 179 g/mol. The van der Waals surface area contributed by atoms with Crippen LogP contribution < -0.4 is 5.32 Å². The van der Waals surface area contributed by atoms with E-state index in [2.05, 4.69) is 0 Å². The highest BCUT2D eigenvalue weighted by Gasteiger charge is 2.39. The Labute approximate surface area is 67.4 Å². The molecule has 0 aromatic heterocycles. The molecule has 5 heteroatoms. The summed E-state index contributed by atoms with van der Waals surface area (Å²) in [5, 5.41) is 1.87. The summed E-state index contributed by atoms with van der Waals surface area (Å²) in [6.07, 6.45) is -0.161. The molecule has 0 saturated carbocycles. The smallest absolute Gasteiger partial charge is 0.342 e. The molecule has 0 saturated heterocycles. The molecular weight excluding hydrogens is 171 g/mol. The maximum absolute atomic E-state index is 11.7. The molecular formula is C7H8F3NO. The first-order valence-electron chi connectivity index (χ1n) is 3.54. The highest BCUT2D eigenvalue weighted by molar-refractivity contribution is 5.82. The van der Waals surface area contributed by atoms with Crippen LogP contribution in [-0.4, -0.2) is 18.1 Å². The van der Waals surface area contributed by atoms with Gasteiger partial charge in [0.1, 0.15) is 0 Å². The lowest BCUT2D eigenvalue weighted by Gasteiger charge is -2.11. The van der Waals surface area contributed by atoms with Crippen molar-refractivity contribution in [2.24, 2.45) is 0 Å². The molecule has 0 fully saturated rings. The summed E-state index contributed by atoms with van der Waals surface area (Å²) in [7, 11) is 0. The second kappa shape index (κ2) is 3.16. The normalized spacial score (nSPS) is 22.8. The van der Waals surface area contributed by atoms with Gasteiger partial charge in [0.05, 0.1) is 0 Å².